The molecule has 5 heteroatoms. The minimum atomic E-state index is -3.99. The first-order chi connectivity index (χ1) is 7.03. The molecule has 0 radical (unpaired) electrons. The van der Waals surface area contributed by atoms with Crippen molar-refractivity contribution in [1.82, 2.24) is 0 Å². The van der Waals surface area contributed by atoms with Gasteiger partial charge in [0.25, 0.3) is 10.1 Å². The van der Waals surface area contributed by atoms with E-state index in [-0.39, 0.29) is 12.2 Å². The fraction of sp³-hybridized carbons (Fsp3) is 0.300. The lowest BCUT2D eigenvalue weighted by Crippen LogP contribution is -2.08. The average Bonchev–Trinajstić information content (AvgIpc) is 2.19. The van der Waals surface area contributed by atoms with E-state index in [0.717, 1.165) is 5.56 Å². The van der Waals surface area contributed by atoms with Crippen LogP contribution >= 0.6 is 0 Å². The van der Waals surface area contributed by atoms with Gasteiger partial charge in [0.1, 0.15) is 0 Å². The van der Waals surface area contributed by atoms with Crippen LogP contribution in [-0.4, -0.2) is 18.7 Å². The van der Waals surface area contributed by atoms with Crippen LogP contribution in [-0.2, 0) is 10.1 Å². The second-order valence-electron chi connectivity index (χ2n) is 3.17. The van der Waals surface area contributed by atoms with Crippen molar-refractivity contribution in [3.05, 3.63) is 35.9 Å². The Kier molecular flexibility index (Phi) is 3.83. The molecule has 0 spiro atoms. The van der Waals surface area contributed by atoms with Gasteiger partial charge in [-0.05, 0) is 12.0 Å². The van der Waals surface area contributed by atoms with Gasteiger partial charge in [-0.2, -0.15) is 13.7 Å². The van der Waals surface area contributed by atoms with Crippen molar-refractivity contribution in [3.8, 4) is 6.07 Å². The van der Waals surface area contributed by atoms with Crippen LogP contribution < -0.4 is 0 Å². The van der Waals surface area contributed by atoms with E-state index in [9.17, 15) is 8.42 Å². The molecule has 0 bridgehead atoms. The SMILES string of the molecule is N#CC(CCS(=O)(=O)O)c1ccccc1. The minimum absolute atomic E-state index is 0.110. The summed E-state index contributed by atoms with van der Waals surface area (Å²) in [7, 11) is -3.99. The van der Waals surface area contributed by atoms with Gasteiger partial charge in [-0.25, -0.2) is 0 Å². The number of nitrogens with zero attached hydrogens (tertiary/aromatic N) is 1. The molecule has 0 aliphatic heterocycles. The molecule has 0 heterocycles. The average molecular weight is 225 g/mol. The van der Waals surface area contributed by atoms with Gasteiger partial charge in [0.2, 0.25) is 0 Å². The lowest BCUT2D eigenvalue weighted by atomic mass is 9.98. The zero-order valence-corrected chi connectivity index (χ0v) is 8.81. The Morgan fingerprint density at radius 3 is 2.40 bits per heavy atom. The normalized spacial score (nSPS) is 13.1. The van der Waals surface area contributed by atoms with Gasteiger partial charge in [0, 0.05) is 0 Å². The summed E-state index contributed by atoms with van der Waals surface area (Å²) in [5, 5.41) is 8.85. The highest BCUT2D eigenvalue weighted by atomic mass is 32.2. The first-order valence-corrected chi connectivity index (χ1v) is 6.03. The second kappa shape index (κ2) is 4.91. The monoisotopic (exact) mass is 225 g/mol. The third-order valence-electron chi connectivity index (χ3n) is 2.02. The molecular weight excluding hydrogens is 214 g/mol. The summed E-state index contributed by atoms with van der Waals surface area (Å²) in [6, 6.07) is 10.9. The highest BCUT2D eigenvalue weighted by Crippen LogP contribution is 2.18. The van der Waals surface area contributed by atoms with Crippen LogP contribution in [0.15, 0.2) is 30.3 Å². The van der Waals surface area contributed by atoms with Crippen molar-refractivity contribution in [2.24, 2.45) is 0 Å². The summed E-state index contributed by atoms with van der Waals surface area (Å²) in [5.74, 6) is -0.881. The Morgan fingerprint density at radius 1 is 1.33 bits per heavy atom. The third kappa shape index (κ3) is 4.11. The zero-order valence-electron chi connectivity index (χ0n) is 8.00. The van der Waals surface area contributed by atoms with E-state index in [1.54, 1.807) is 24.3 Å². The fourth-order valence-electron chi connectivity index (χ4n) is 1.26. The summed E-state index contributed by atoms with van der Waals surface area (Å²) < 4.78 is 29.6. The van der Waals surface area contributed by atoms with Crippen LogP contribution in [0.1, 0.15) is 17.9 Å². The number of nitriles is 1. The molecule has 15 heavy (non-hydrogen) atoms. The molecule has 4 nitrogen and oxygen atoms in total. The molecule has 0 saturated carbocycles. The molecule has 1 unspecified atom stereocenters. The quantitative estimate of drug-likeness (QED) is 0.789. The summed E-state index contributed by atoms with van der Waals surface area (Å²) in [4.78, 5) is 0. The molecule has 0 aliphatic rings. The summed E-state index contributed by atoms with van der Waals surface area (Å²) in [6.45, 7) is 0. The van der Waals surface area contributed by atoms with Gasteiger partial charge in [0.05, 0.1) is 17.7 Å². The smallest absolute Gasteiger partial charge is 0.264 e. The van der Waals surface area contributed by atoms with E-state index in [0.29, 0.717) is 0 Å². The maximum absolute atomic E-state index is 10.5. The van der Waals surface area contributed by atoms with E-state index >= 15 is 0 Å². The predicted molar refractivity (Wildman–Crippen MR) is 55.8 cm³/mol. The van der Waals surface area contributed by atoms with Gasteiger partial charge in [0.15, 0.2) is 0 Å². The molecule has 0 aromatic heterocycles. The minimum Gasteiger partial charge on any atom is -0.286 e. The van der Waals surface area contributed by atoms with Crippen molar-refractivity contribution < 1.29 is 13.0 Å². The number of benzene rings is 1. The van der Waals surface area contributed by atoms with Crippen LogP contribution in [0.2, 0.25) is 0 Å². The molecule has 1 aromatic rings. The second-order valence-corrected chi connectivity index (χ2v) is 4.74. The lowest BCUT2D eigenvalue weighted by molar-refractivity contribution is 0.480. The largest absolute Gasteiger partial charge is 0.286 e. The molecular formula is C10H11NO3S. The van der Waals surface area contributed by atoms with Crippen molar-refractivity contribution in [1.29, 1.82) is 5.26 Å². The van der Waals surface area contributed by atoms with Gasteiger partial charge >= 0.3 is 0 Å². The van der Waals surface area contributed by atoms with Crippen molar-refractivity contribution in [2.45, 2.75) is 12.3 Å². The van der Waals surface area contributed by atoms with E-state index in [4.69, 9.17) is 9.81 Å². The van der Waals surface area contributed by atoms with E-state index < -0.39 is 16.0 Å². The topological polar surface area (TPSA) is 78.2 Å². The van der Waals surface area contributed by atoms with Crippen molar-refractivity contribution in [2.75, 3.05) is 5.75 Å². The van der Waals surface area contributed by atoms with Crippen LogP contribution in [0.5, 0.6) is 0 Å². The molecule has 1 atom stereocenters. The van der Waals surface area contributed by atoms with Crippen molar-refractivity contribution in [3.63, 3.8) is 0 Å². The summed E-state index contributed by atoms with van der Waals surface area (Å²) in [6.07, 6.45) is 0.110. The lowest BCUT2D eigenvalue weighted by Gasteiger charge is -2.07. The Bertz CT molecular complexity index is 447. The van der Waals surface area contributed by atoms with Gasteiger partial charge in [-0.1, -0.05) is 30.3 Å². The van der Waals surface area contributed by atoms with Crippen LogP contribution in [0, 0.1) is 11.3 Å². The maximum atomic E-state index is 10.5. The Hall–Kier alpha value is -1.38. The molecule has 0 saturated heterocycles. The van der Waals surface area contributed by atoms with Gasteiger partial charge in [-0.15, -0.1) is 0 Å². The standard InChI is InChI=1S/C10H11NO3S/c11-8-10(6-7-15(12,13)14)9-4-2-1-3-5-9/h1-5,10H,6-7H2,(H,12,13,14). The Balaban J connectivity index is 2.71. The predicted octanol–water partition coefficient (Wildman–Crippen LogP) is 1.57. The highest BCUT2D eigenvalue weighted by molar-refractivity contribution is 7.85. The van der Waals surface area contributed by atoms with Crippen LogP contribution in [0.25, 0.3) is 0 Å². The molecule has 0 aliphatic carbocycles. The molecule has 80 valence electrons. The highest BCUT2D eigenvalue weighted by Gasteiger charge is 2.14. The van der Waals surface area contributed by atoms with Crippen molar-refractivity contribution >= 4 is 10.1 Å². The Morgan fingerprint density at radius 2 is 1.93 bits per heavy atom. The maximum Gasteiger partial charge on any atom is 0.264 e. The van der Waals surface area contributed by atoms with E-state index in [1.165, 1.54) is 0 Å². The fourth-order valence-corrected chi connectivity index (χ4v) is 1.79. The summed E-state index contributed by atoms with van der Waals surface area (Å²) in [5.41, 5.74) is 0.767. The Labute approximate surface area is 88.9 Å². The van der Waals surface area contributed by atoms with Crippen LogP contribution in [0.4, 0.5) is 0 Å². The number of hydrogen-bond donors (Lipinski definition) is 1. The molecule has 1 aromatic carbocycles. The van der Waals surface area contributed by atoms with E-state index in [2.05, 4.69) is 0 Å². The summed E-state index contributed by atoms with van der Waals surface area (Å²) >= 11 is 0. The number of hydrogen-bond acceptors (Lipinski definition) is 3. The zero-order chi connectivity index (χ0) is 11.3. The van der Waals surface area contributed by atoms with E-state index in [1.807, 2.05) is 12.1 Å². The third-order valence-corrected chi connectivity index (χ3v) is 2.77. The first kappa shape index (κ1) is 11.7. The van der Waals surface area contributed by atoms with Crippen LogP contribution in [0.3, 0.4) is 0 Å². The number of rotatable bonds is 4. The van der Waals surface area contributed by atoms with Gasteiger partial charge in [-0.3, -0.25) is 4.55 Å². The molecule has 0 fully saturated rings. The molecule has 1 N–H and O–H groups in total. The van der Waals surface area contributed by atoms with Gasteiger partial charge < -0.3 is 0 Å². The molecule has 1 rings (SSSR count). The first-order valence-electron chi connectivity index (χ1n) is 4.42. The molecule has 0 amide bonds.